The van der Waals surface area contributed by atoms with E-state index in [1.807, 2.05) is 20.8 Å². The largest absolute Gasteiger partial charge is 0.469 e. The van der Waals surface area contributed by atoms with Crippen LogP contribution in [0.15, 0.2) is 0 Å². The first-order valence-corrected chi connectivity index (χ1v) is 8.13. The molecule has 0 heterocycles. The number of phosphoric acid groups is 1. The molecule has 0 fully saturated rings. The van der Waals surface area contributed by atoms with Crippen molar-refractivity contribution < 1.29 is 28.4 Å². The summed E-state index contributed by atoms with van der Waals surface area (Å²) in [6.45, 7) is 11.8. The average molecular weight is 310 g/mol. The Morgan fingerprint density at radius 3 is 2.00 bits per heavy atom. The Kier molecular flexibility index (Phi) is 6.88. The third kappa shape index (κ3) is 10.4. The summed E-state index contributed by atoms with van der Waals surface area (Å²) in [6, 6.07) is 0. The molecule has 7 heteroatoms. The van der Waals surface area contributed by atoms with E-state index in [4.69, 9.17) is 14.5 Å². The smallest absolute Gasteiger partial charge is 0.462 e. The Labute approximate surface area is 121 Å². The lowest BCUT2D eigenvalue weighted by Gasteiger charge is -2.35. The highest BCUT2D eigenvalue weighted by Gasteiger charge is 2.32. The molecule has 0 aromatic carbocycles. The molecule has 0 spiro atoms. The lowest BCUT2D eigenvalue weighted by atomic mass is 9.78. The van der Waals surface area contributed by atoms with Crippen molar-refractivity contribution in [3.8, 4) is 0 Å². The van der Waals surface area contributed by atoms with Gasteiger partial charge in [-0.15, -0.1) is 0 Å². The minimum Gasteiger partial charge on any atom is -0.462 e. The lowest BCUT2D eigenvalue weighted by molar-refractivity contribution is -0.157. The van der Waals surface area contributed by atoms with E-state index in [1.165, 1.54) is 0 Å². The summed E-state index contributed by atoms with van der Waals surface area (Å²) in [5.74, 6) is -0.511. The normalized spacial score (nSPS) is 15.0. The molecule has 0 aliphatic rings. The van der Waals surface area contributed by atoms with E-state index in [9.17, 15) is 9.36 Å². The summed E-state index contributed by atoms with van der Waals surface area (Å²) in [4.78, 5) is 28.8. The number of hydrogen-bond acceptors (Lipinski definition) is 4. The monoisotopic (exact) mass is 310 g/mol. The summed E-state index contributed by atoms with van der Waals surface area (Å²) < 4.78 is 20.2. The van der Waals surface area contributed by atoms with Crippen LogP contribution in [0.1, 0.15) is 54.4 Å². The van der Waals surface area contributed by atoms with Crippen molar-refractivity contribution in [3.05, 3.63) is 0 Å². The van der Waals surface area contributed by atoms with Crippen LogP contribution in [0, 0.1) is 10.8 Å². The van der Waals surface area contributed by atoms with Gasteiger partial charge in [-0.2, -0.15) is 0 Å². The van der Waals surface area contributed by atoms with Crippen LogP contribution >= 0.6 is 7.82 Å². The van der Waals surface area contributed by atoms with Gasteiger partial charge in [0.05, 0.1) is 13.0 Å². The van der Waals surface area contributed by atoms with E-state index >= 15 is 0 Å². The van der Waals surface area contributed by atoms with Gasteiger partial charge in [-0.3, -0.25) is 9.32 Å². The van der Waals surface area contributed by atoms with Crippen LogP contribution in [-0.2, 0) is 18.6 Å². The highest BCUT2D eigenvalue weighted by Crippen LogP contribution is 2.36. The predicted molar refractivity (Wildman–Crippen MR) is 76.0 cm³/mol. The molecule has 0 amide bonds. The predicted octanol–water partition coefficient (Wildman–Crippen LogP) is 2.88. The molecule has 0 rings (SSSR count). The molecule has 0 aliphatic heterocycles. The number of hydrogen-bond donors (Lipinski definition) is 2. The average Bonchev–Trinajstić information content (AvgIpc) is 2.10. The number of ether oxygens (including phenoxy) is 1. The minimum atomic E-state index is -4.53. The third-order valence-corrected chi connectivity index (χ3v) is 3.12. The van der Waals surface area contributed by atoms with Crippen molar-refractivity contribution in [2.24, 2.45) is 10.8 Å². The SMILES string of the molecule is CC(C)(C)CC(OC(=O)CCOP(=O)(O)O)C(C)(C)C. The van der Waals surface area contributed by atoms with Crippen molar-refractivity contribution in [2.45, 2.75) is 60.5 Å². The Balaban J connectivity index is 4.45. The van der Waals surface area contributed by atoms with Crippen LogP contribution in [0.4, 0.5) is 0 Å². The maximum Gasteiger partial charge on any atom is 0.469 e. The fourth-order valence-corrected chi connectivity index (χ4v) is 1.88. The van der Waals surface area contributed by atoms with Crippen LogP contribution in [0.5, 0.6) is 0 Å². The number of carbonyl (C=O) groups is 1. The van der Waals surface area contributed by atoms with E-state index in [0.717, 1.165) is 0 Å². The first kappa shape index (κ1) is 19.6. The summed E-state index contributed by atoms with van der Waals surface area (Å²) in [5, 5.41) is 0. The van der Waals surface area contributed by atoms with Crippen molar-refractivity contribution in [1.82, 2.24) is 0 Å². The van der Waals surface area contributed by atoms with E-state index in [2.05, 4.69) is 25.3 Å². The topological polar surface area (TPSA) is 93.1 Å². The molecule has 0 bridgehead atoms. The van der Waals surface area contributed by atoms with Crippen LogP contribution in [0.25, 0.3) is 0 Å². The fraction of sp³-hybridized carbons (Fsp3) is 0.923. The number of esters is 1. The summed E-state index contributed by atoms with van der Waals surface area (Å²) in [7, 11) is -4.53. The fourth-order valence-electron chi connectivity index (χ4n) is 1.55. The quantitative estimate of drug-likeness (QED) is 0.579. The van der Waals surface area contributed by atoms with Crippen molar-refractivity contribution >= 4 is 13.8 Å². The van der Waals surface area contributed by atoms with Gasteiger partial charge in [-0.05, 0) is 17.3 Å². The van der Waals surface area contributed by atoms with Gasteiger partial charge in [0.2, 0.25) is 0 Å². The second kappa shape index (κ2) is 7.03. The van der Waals surface area contributed by atoms with Crippen molar-refractivity contribution in [3.63, 3.8) is 0 Å². The van der Waals surface area contributed by atoms with Gasteiger partial charge in [0.15, 0.2) is 0 Å². The number of carbonyl (C=O) groups excluding carboxylic acids is 1. The van der Waals surface area contributed by atoms with Gasteiger partial charge >= 0.3 is 13.8 Å². The molecule has 1 atom stereocenters. The summed E-state index contributed by atoms with van der Waals surface area (Å²) >= 11 is 0. The number of rotatable bonds is 6. The number of phosphoric ester groups is 1. The lowest BCUT2D eigenvalue weighted by Crippen LogP contribution is -2.35. The molecular formula is C13H27O6P. The maximum atomic E-state index is 11.7. The molecule has 0 saturated carbocycles. The van der Waals surface area contributed by atoms with Gasteiger partial charge in [-0.25, -0.2) is 4.57 Å². The highest BCUT2D eigenvalue weighted by atomic mass is 31.2. The summed E-state index contributed by atoms with van der Waals surface area (Å²) in [6.07, 6.45) is 0.272. The Hall–Kier alpha value is -0.420. The molecule has 0 aromatic rings. The molecule has 0 aliphatic carbocycles. The van der Waals surface area contributed by atoms with E-state index in [1.54, 1.807) is 0 Å². The van der Waals surface area contributed by atoms with Crippen LogP contribution < -0.4 is 0 Å². The Morgan fingerprint density at radius 1 is 1.15 bits per heavy atom. The van der Waals surface area contributed by atoms with Crippen LogP contribution in [0.3, 0.4) is 0 Å². The Morgan fingerprint density at radius 2 is 1.65 bits per heavy atom. The molecule has 0 aromatic heterocycles. The van der Waals surface area contributed by atoms with E-state index in [-0.39, 0.29) is 30.0 Å². The zero-order chi connectivity index (χ0) is 16.2. The molecular weight excluding hydrogens is 283 g/mol. The van der Waals surface area contributed by atoms with Gasteiger partial charge < -0.3 is 14.5 Å². The van der Waals surface area contributed by atoms with Crippen molar-refractivity contribution in [2.75, 3.05) is 6.61 Å². The minimum absolute atomic E-state index is 0.0145. The molecule has 2 N–H and O–H groups in total. The molecule has 20 heavy (non-hydrogen) atoms. The molecule has 1 unspecified atom stereocenters. The first-order valence-electron chi connectivity index (χ1n) is 6.60. The van der Waals surface area contributed by atoms with Crippen molar-refractivity contribution in [1.29, 1.82) is 0 Å². The third-order valence-electron chi connectivity index (χ3n) is 2.60. The maximum absolute atomic E-state index is 11.7. The zero-order valence-electron chi connectivity index (χ0n) is 13.2. The van der Waals surface area contributed by atoms with E-state index < -0.39 is 13.8 Å². The summed E-state index contributed by atoms with van der Waals surface area (Å²) in [5.41, 5.74) is -0.187. The Bertz CT molecular complexity index is 360. The van der Waals surface area contributed by atoms with Gasteiger partial charge in [0, 0.05) is 0 Å². The zero-order valence-corrected chi connectivity index (χ0v) is 14.1. The van der Waals surface area contributed by atoms with Gasteiger partial charge in [0.1, 0.15) is 6.10 Å². The molecule has 120 valence electrons. The second-order valence-electron chi connectivity index (χ2n) is 7.18. The van der Waals surface area contributed by atoms with Crippen LogP contribution in [-0.4, -0.2) is 28.5 Å². The standard InChI is InChI=1S/C13H27O6P/c1-12(2,3)9-10(13(4,5)6)19-11(14)7-8-18-20(15,16)17/h10H,7-9H2,1-6H3,(H2,15,16,17). The van der Waals surface area contributed by atoms with Gasteiger partial charge in [0.25, 0.3) is 0 Å². The first-order chi connectivity index (χ1) is 8.71. The molecule has 0 radical (unpaired) electrons. The second-order valence-corrected chi connectivity index (χ2v) is 8.42. The van der Waals surface area contributed by atoms with Crippen LogP contribution in [0.2, 0.25) is 0 Å². The van der Waals surface area contributed by atoms with E-state index in [0.29, 0.717) is 6.42 Å². The highest BCUT2D eigenvalue weighted by molar-refractivity contribution is 7.46. The molecule has 0 saturated heterocycles. The molecule has 6 nitrogen and oxygen atoms in total. The van der Waals surface area contributed by atoms with Gasteiger partial charge in [-0.1, -0.05) is 41.5 Å².